The number of rotatable bonds is 4. The third-order valence-electron chi connectivity index (χ3n) is 3.15. The van der Waals surface area contributed by atoms with Crippen molar-refractivity contribution in [3.63, 3.8) is 0 Å². The van der Waals surface area contributed by atoms with E-state index in [4.69, 9.17) is 5.73 Å². The first kappa shape index (κ1) is 13.5. The van der Waals surface area contributed by atoms with Gasteiger partial charge in [0.1, 0.15) is 0 Å². The lowest BCUT2D eigenvalue weighted by Gasteiger charge is -2.07. The maximum Gasteiger partial charge on any atom is 0.152 e. The van der Waals surface area contributed by atoms with Crippen molar-refractivity contribution in [1.82, 2.24) is 19.6 Å². The van der Waals surface area contributed by atoms with E-state index in [0.717, 1.165) is 29.3 Å². The van der Waals surface area contributed by atoms with Crippen molar-refractivity contribution in [3.05, 3.63) is 17.6 Å². The van der Waals surface area contributed by atoms with Crippen molar-refractivity contribution in [3.8, 4) is 0 Å². The highest BCUT2D eigenvalue weighted by atomic mass is 15.3. The van der Waals surface area contributed by atoms with Crippen molar-refractivity contribution in [2.45, 2.75) is 33.1 Å². The van der Waals surface area contributed by atoms with Gasteiger partial charge < -0.3 is 11.1 Å². The van der Waals surface area contributed by atoms with E-state index in [1.165, 1.54) is 0 Å². The first-order valence-corrected chi connectivity index (χ1v) is 6.55. The number of nitrogens with one attached hydrogen (secondary N) is 1. The van der Waals surface area contributed by atoms with E-state index in [1.54, 1.807) is 9.36 Å². The largest absolute Gasteiger partial charge is 0.394 e. The number of nitrogen functional groups attached to an aromatic ring is 1. The number of nitrogens with zero attached hydrogens (tertiary/aromatic N) is 4. The number of hydrogen-bond donors (Lipinski definition) is 2. The molecule has 0 fully saturated rings. The van der Waals surface area contributed by atoms with Gasteiger partial charge in [0.05, 0.1) is 22.8 Å². The summed E-state index contributed by atoms with van der Waals surface area (Å²) < 4.78 is 3.59. The Morgan fingerprint density at radius 2 is 2.00 bits per heavy atom. The molecule has 0 atom stereocenters. The quantitative estimate of drug-likeness (QED) is 0.885. The standard InChI is InChI=1S/C13H22N6/c1-6-9-10(7-18(4)16-9)15-13-11(14)12(8(2)3)17-19(13)5/h7-8,15H,6,14H2,1-5H3. The highest BCUT2D eigenvalue weighted by Crippen LogP contribution is 2.30. The molecule has 0 spiro atoms. The predicted molar refractivity (Wildman–Crippen MR) is 77.6 cm³/mol. The van der Waals surface area contributed by atoms with Gasteiger partial charge in [0.15, 0.2) is 5.82 Å². The molecule has 2 heterocycles. The first-order valence-electron chi connectivity index (χ1n) is 6.55. The van der Waals surface area contributed by atoms with Gasteiger partial charge in [-0.25, -0.2) is 0 Å². The van der Waals surface area contributed by atoms with Crippen molar-refractivity contribution in [1.29, 1.82) is 0 Å². The highest BCUT2D eigenvalue weighted by molar-refractivity contribution is 5.72. The van der Waals surface area contributed by atoms with Crippen molar-refractivity contribution < 1.29 is 0 Å². The zero-order chi connectivity index (χ0) is 14.2. The molecule has 6 heteroatoms. The molecule has 0 saturated carbocycles. The van der Waals surface area contributed by atoms with E-state index in [9.17, 15) is 0 Å². The Morgan fingerprint density at radius 1 is 1.32 bits per heavy atom. The van der Waals surface area contributed by atoms with Gasteiger partial charge in [0.25, 0.3) is 0 Å². The van der Waals surface area contributed by atoms with Crippen molar-refractivity contribution >= 4 is 17.2 Å². The molecule has 104 valence electrons. The maximum atomic E-state index is 6.18. The lowest BCUT2D eigenvalue weighted by Crippen LogP contribution is -2.02. The molecule has 0 aromatic carbocycles. The zero-order valence-corrected chi connectivity index (χ0v) is 12.2. The van der Waals surface area contributed by atoms with Crippen LogP contribution >= 0.6 is 0 Å². The number of aromatic nitrogens is 4. The summed E-state index contributed by atoms with van der Waals surface area (Å²) in [6, 6.07) is 0. The summed E-state index contributed by atoms with van der Waals surface area (Å²) in [6.07, 6.45) is 2.83. The molecule has 0 unspecified atom stereocenters. The van der Waals surface area contributed by atoms with Gasteiger partial charge in [-0.1, -0.05) is 20.8 Å². The predicted octanol–water partition coefficient (Wildman–Crippen LogP) is 2.17. The van der Waals surface area contributed by atoms with Gasteiger partial charge in [0, 0.05) is 20.3 Å². The van der Waals surface area contributed by atoms with Crippen LogP contribution in [0.1, 0.15) is 38.1 Å². The van der Waals surface area contributed by atoms with E-state index in [2.05, 4.69) is 36.3 Å². The molecule has 2 rings (SSSR count). The fourth-order valence-electron chi connectivity index (χ4n) is 2.16. The minimum absolute atomic E-state index is 0.307. The minimum Gasteiger partial charge on any atom is -0.394 e. The Hall–Kier alpha value is -1.98. The van der Waals surface area contributed by atoms with E-state index < -0.39 is 0 Å². The molecule has 19 heavy (non-hydrogen) atoms. The van der Waals surface area contributed by atoms with E-state index in [1.807, 2.05) is 20.3 Å². The summed E-state index contributed by atoms with van der Waals surface area (Å²) in [5, 5.41) is 12.2. The molecule has 0 aliphatic heterocycles. The molecule has 0 amide bonds. The third-order valence-corrected chi connectivity index (χ3v) is 3.15. The van der Waals surface area contributed by atoms with E-state index >= 15 is 0 Å². The van der Waals surface area contributed by atoms with Gasteiger partial charge in [-0.15, -0.1) is 0 Å². The number of hydrogen-bond acceptors (Lipinski definition) is 4. The van der Waals surface area contributed by atoms with Crippen LogP contribution in [0, 0.1) is 0 Å². The molecular weight excluding hydrogens is 240 g/mol. The Kier molecular flexibility index (Phi) is 3.50. The molecule has 0 aliphatic rings. The summed E-state index contributed by atoms with van der Waals surface area (Å²) in [5.74, 6) is 1.13. The number of anilines is 3. The fourth-order valence-corrected chi connectivity index (χ4v) is 2.16. The van der Waals surface area contributed by atoms with E-state index in [-0.39, 0.29) is 0 Å². The van der Waals surface area contributed by atoms with Crippen LogP contribution in [0.5, 0.6) is 0 Å². The van der Waals surface area contributed by atoms with Crippen molar-refractivity contribution in [2.75, 3.05) is 11.1 Å². The first-order chi connectivity index (χ1) is 8.93. The van der Waals surface area contributed by atoms with E-state index in [0.29, 0.717) is 11.6 Å². The second-order valence-corrected chi connectivity index (χ2v) is 5.07. The molecule has 0 bridgehead atoms. The lowest BCUT2D eigenvalue weighted by atomic mass is 10.1. The second-order valence-electron chi connectivity index (χ2n) is 5.07. The molecule has 2 aromatic heterocycles. The molecule has 0 saturated heterocycles. The van der Waals surface area contributed by atoms with Gasteiger partial charge >= 0.3 is 0 Å². The fraction of sp³-hybridized carbons (Fsp3) is 0.538. The lowest BCUT2D eigenvalue weighted by molar-refractivity contribution is 0.718. The van der Waals surface area contributed by atoms with Crippen LogP contribution in [0.15, 0.2) is 6.20 Å². The molecular formula is C13H22N6. The van der Waals surface area contributed by atoms with Gasteiger partial charge in [-0.2, -0.15) is 10.2 Å². The van der Waals surface area contributed by atoms with Crippen LogP contribution in [0.25, 0.3) is 0 Å². The summed E-state index contributed by atoms with van der Waals surface area (Å²) in [7, 11) is 3.81. The van der Waals surface area contributed by atoms with Gasteiger partial charge in [-0.3, -0.25) is 9.36 Å². The average Bonchev–Trinajstić information content (AvgIpc) is 2.83. The summed E-state index contributed by atoms with van der Waals surface area (Å²) in [4.78, 5) is 0. The summed E-state index contributed by atoms with van der Waals surface area (Å²) in [5.41, 5.74) is 9.82. The molecule has 3 N–H and O–H groups in total. The van der Waals surface area contributed by atoms with Gasteiger partial charge in [-0.05, 0) is 12.3 Å². The van der Waals surface area contributed by atoms with Crippen LogP contribution in [0.2, 0.25) is 0 Å². The topological polar surface area (TPSA) is 73.7 Å². The van der Waals surface area contributed by atoms with Crippen LogP contribution < -0.4 is 11.1 Å². The number of aryl methyl sites for hydroxylation is 3. The monoisotopic (exact) mass is 262 g/mol. The molecule has 0 radical (unpaired) electrons. The molecule has 6 nitrogen and oxygen atoms in total. The maximum absolute atomic E-state index is 6.18. The Balaban J connectivity index is 2.38. The number of nitrogens with two attached hydrogens (primary N) is 1. The Bertz CT molecular complexity index is 578. The SMILES string of the molecule is CCc1nn(C)cc1Nc1c(N)c(C(C)C)nn1C. The molecule has 0 aliphatic carbocycles. The smallest absolute Gasteiger partial charge is 0.152 e. The highest BCUT2D eigenvalue weighted by Gasteiger charge is 2.17. The third kappa shape index (κ3) is 2.43. The average molecular weight is 262 g/mol. The van der Waals surface area contributed by atoms with Crippen LogP contribution in [0.4, 0.5) is 17.2 Å². The summed E-state index contributed by atoms with van der Waals surface area (Å²) >= 11 is 0. The minimum atomic E-state index is 0.307. The van der Waals surface area contributed by atoms with Gasteiger partial charge in [0.2, 0.25) is 0 Å². The van der Waals surface area contributed by atoms with Crippen LogP contribution in [-0.4, -0.2) is 19.6 Å². The van der Waals surface area contributed by atoms with Crippen LogP contribution in [0.3, 0.4) is 0 Å². The summed E-state index contributed by atoms with van der Waals surface area (Å²) in [6.45, 7) is 6.26. The Labute approximate surface area is 113 Å². The van der Waals surface area contributed by atoms with Crippen LogP contribution in [-0.2, 0) is 20.5 Å². The Morgan fingerprint density at radius 3 is 2.53 bits per heavy atom. The van der Waals surface area contributed by atoms with Crippen molar-refractivity contribution in [2.24, 2.45) is 14.1 Å². The zero-order valence-electron chi connectivity index (χ0n) is 12.2. The normalized spacial score (nSPS) is 11.3. The second kappa shape index (κ2) is 4.95. The molecule has 2 aromatic rings.